The van der Waals surface area contributed by atoms with Gasteiger partial charge >= 0.3 is 6.09 Å². The summed E-state index contributed by atoms with van der Waals surface area (Å²) < 4.78 is 19.3. The average molecular weight is 661 g/mol. The van der Waals surface area contributed by atoms with Gasteiger partial charge in [0.25, 0.3) is 0 Å². The molecule has 1 aliphatic rings. The van der Waals surface area contributed by atoms with Crippen LogP contribution >= 0.6 is 0 Å². The fourth-order valence-electron chi connectivity index (χ4n) is 5.22. The number of rotatable bonds is 23. The van der Waals surface area contributed by atoms with E-state index in [-0.39, 0.29) is 36.2 Å². The van der Waals surface area contributed by atoms with Gasteiger partial charge in [0.15, 0.2) is 11.9 Å². The highest BCUT2D eigenvalue weighted by Gasteiger charge is 2.26. The Balaban J connectivity index is 0.00000760. The minimum Gasteiger partial charge on any atom is -1.00 e. The Labute approximate surface area is 256 Å². The van der Waals surface area contributed by atoms with Gasteiger partial charge in [-0.3, -0.25) is 0 Å². The van der Waals surface area contributed by atoms with Crippen LogP contribution in [-0.4, -0.2) is 45.2 Å². The molecule has 7 heteroatoms. The lowest BCUT2D eigenvalue weighted by molar-refractivity contribution is -0.700. The lowest BCUT2D eigenvalue weighted by Gasteiger charge is -2.11. The van der Waals surface area contributed by atoms with Crippen LogP contribution in [0, 0.1) is 5.92 Å². The molecule has 2 unspecified atom stereocenters. The highest BCUT2D eigenvalue weighted by molar-refractivity contribution is 5.67. The summed E-state index contributed by atoms with van der Waals surface area (Å²) in [7, 11) is 0. The van der Waals surface area contributed by atoms with Gasteiger partial charge in [-0.2, -0.15) is 0 Å². The highest BCUT2D eigenvalue weighted by atomic mass is 127. The first-order valence-corrected chi connectivity index (χ1v) is 15.8. The first kappa shape index (κ1) is 36.1. The first-order valence-electron chi connectivity index (χ1n) is 15.8. The van der Waals surface area contributed by atoms with Crippen LogP contribution in [0.25, 0.3) is 0 Å². The van der Waals surface area contributed by atoms with E-state index < -0.39 is 0 Å². The second kappa shape index (κ2) is 24.8. The van der Waals surface area contributed by atoms with Crippen molar-refractivity contribution in [3.05, 3.63) is 30.1 Å². The fourth-order valence-corrected chi connectivity index (χ4v) is 5.22. The number of halogens is 1. The Hall–Kier alpha value is -0.930. The number of ether oxygens (including phenoxy) is 3. The zero-order chi connectivity index (χ0) is 27.1. The second-order valence-electron chi connectivity index (χ2n) is 11.0. The number of amides is 1. The van der Waals surface area contributed by atoms with Crippen LogP contribution in [0.1, 0.15) is 116 Å². The minimum absolute atomic E-state index is 0. The van der Waals surface area contributed by atoms with Crippen molar-refractivity contribution >= 4 is 6.09 Å². The molecule has 1 fully saturated rings. The molecule has 1 N–H and O–H groups in total. The number of aryl methyl sites for hydroxylation is 1. The summed E-state index contributed by atoms with van der Waals surface area (Å²) in [4.78, 5) is 12.0. The molecule has 0 spiro atoms. The van der Waals surface area contributed by atoms with Crippen molar-refractivity contribution in [1.29, 1.82) is 0 Å². The fraction of sp³-hybridized carbons (Fsp3) is 0.812. The van der Waals surface area contributed by atoms with Crippen molar-refractivity contribution < 1.29 is 47.5 Å². The molecule has 0 saturated carbocycles. The van der Waals surface area contributed by atoms with E-state index in [1.807, 2.05) is 12.1 Å². The van der Waals surface area contributed by atoms with E-state index in [1.54, 1.807) is 0 Å². The Morgan fingerprint density at radius 2 is 1.56 bits per heavy atom. The summed E-state index contributed by atoms with van der Waals surface area (Å²) in [5, 5.41) is 2.85. The summed E-state index contributed by atoms with van der Waals surface area (Å²) in [6.45, 7) is 8.47. The largest absolute Gasteiger partial charge is 1.00 e. The molecular weight excluding hydrogens is 603 g/mol. The van der Waals surface area contributed by atoms with E-state index in [4.69, 9.17) is 14.2 Å². The van der Waals surface area contributed by atoms with Crippen molar-refractivity contribution in [3.8, 4) is 0 Å². The van der Waals surface area contributed by atoms with Crippen molar-refractivity contribution in [3.63, 3.8) is 0 Å². The van der Waals surface area contributed by atoms with E-state index in [0.29, 0.717) is 25.7 Å². The van der Waals surface area contributed by atoms with Gasteiger partial charge in [-0.25, -0.2) is 9.36 Å². The summed E-state index contributed by atoms with van der Waals surface area (Å²) in [5.74, 6) is 0.404. The number of hydrogen-bond acceptors (Lipinski definition) is 4. The van der Waals surface area contributed by atoms with Crippen LogP contribution in [0.5, 0.6) is 0 Å². The lowest BCUT2D eigenvalue weighted by Crippen LogP contribution is -3.00. The third-order valence-corrected chi connectivity index (χ3v) is 7.59. The van der Waals surface area contributed by atoms with Gasteiger partial charge in [0.05, 0.1) is 19.3 Å². The van der Waals surface area contributed by atoms with Crippen LogP contribution in [0.3, 0.4) is 0 Å². The van der Waals surface area contributed by atoms with Gasteiger partial charge in [0, 0.05) is 37.6 Å². The topological polar surface area (TPSA) is 60.7 Å². The predicted molar refractivity (Wildman–Crippen MR) is 154 cm³/mol. The molecule has 0 aliphatic carbocycles. The number of nitrogens with one attached hydrogen (secondary N) is 1. The maximum Gasteiger partial charge on any atom is 0.407 e. The maximum absolute atomic E-state index is 12.0. The molecule has 1 aliphatic heterocycles. The molecule has 0 bridgehead atoms. The minimum atomic E-state index is -0.370. The standard InChI is InChI=1S/C32H56N2O4.HI/c1-3-5-6-7-8-9-10-11-12-13-14-15-16-19-24-36-26-29-25-31(37-27-29)28-38-32(35)33-22-21-30-20-17-18-23-34(30)4-2;/h17-18,20,23,29,31H,3-16,19,21-22,24-28H2,1-2H3;1H. The number of alkyl carbamates (subject to hydrolysis) is 1. The molecule has 6 nitrogen and oxygen atoms in total. The number of aromatic nitrogens is 1. The van der Waals surface area contributed by atoms with Crippen LogP contribution in [-0.2, 0) is 27.2 Å². The quantitative estimate of drug-likeness (QED) is 0.109. The van der Waals surface area contributed by atoms with Crippen LogP contribution in [0.15, 0.2) is 24.4 Å². The molecule has 2 heterocycles. The summed E-state index contributed by atoms with van der Waals surface area (Å²) in [6, 6.07) is 6.14. The Morgan fingerprint density at radius 3 is 2.21 bits per heavy atom. The summed E-state index contributed by atoms with van der Waals surface area (Å²) in [5.41, 5.74) is 1.20. The molecule has 226 valence electrons. The predicted octanol–water partition coefficient (Wildman–Crippen LogP) is 4.17. The molecule has 2 atom stereocenters. The average Bonchev–Trinajstić information content (AvgIpc) is 3.39. The molecule has 1 aromatic heterocycles. The second-order valence-corrected chi connectivity index (χ2v) is 11.0. The third-order valence-electron chi connectivity index (χ3n) is 7.59. The monoisotopic (exact) mass is 660 g/mol. The van der Waals surface area contributed by atoms with Crippen LogP contribution < -0.4 is 33.9 Å². The van der Waals surface area contributed by atoms with Crippen molar-refractivity contribution in [1.82, 2.24) is 5.32 Å². The van der Waals surface area contributed by atoms with Crippen LogP contribution in [0.2, 0.25) is 0 Å². The molecule has 0 aromatic carbocycles. The molecule has 1 saturated heterocycles. The third kappa shape index (κ3) is 18.2. The van der Waals surface area contributed by atoms with Crippen LogP contribution in [0.4, 0.5) is 4.79 Å². The number of unbranched alkanes of at least 4 members (excludes halogenated alkanes) is 13. The summed E-state index contributed by atoms with van der Waals surface area (Å²) in [6.07, 6.45) is 22.6. The Morgan fingerprint density at radius 1 is 0.923 bits per heavy atom. The number of pyridine rings is 1. The molecule has 39 heavy (non-hydrogen) atoms. The van der Waals surface area contributed by atoms with Gasteiger partial charge in [-0.15, -0.1) is 0 Å². The van der Waals surface area contributed by atoms with E-state index in [1.165, 1.54) is 89.2 Å². The van der Waals surface area contributed by atoms with Crippen molar-refractivity contribution in [2.45, 2.75) is 129 Å². The maximum atomic E-state index is 12.0. The molecule has 1 aromatic rings. The zero-order valence-electron chi connectivity index (χ0n) is 25.0. The van der Waals surface area contributed by atoms with Crippen molar-refractivity contribution in [2.75, 3.05) is 33.0 Å². The zero-order valence-corrected chi connectivity index (χ0v) is 27.1. The van der Waals surface area contributed by atoms with Gasteiger partial charge in [-0.1, -0.05) is 96.5 Å². The molecule has 2 rings (SSSR count). The van der Waals surface area contributed by atoms with E-state index in [2.05, 4.69) is 36.0 Å². The highest BCUT2D eigenvalue weighted by Crippen LogP contribution is 2.20. The molecule has 1 amide bonds. The SMILES string of the molecule is CCCCCCCCCCCCCCCCOCC1COC(COC(=O)NCCc2cccc[n+]2CC)C1.[I-]. The molecule has 0 radical (unpaired) electrons. The van der Waals surface area contributed by atoms with Gasteiger partial charge in [-0.05, 0) is 19.8 Å². The number of carbonyl (C=O) groups excluding carboxylic acids is 1. The number of hydrogen-bond donors (Lipinski definition) is 1. The normalized spacial score (nSPS) is 16.7. The van der Waals surface area contributed by atoms with Gasteiger partial charge < -0.3 is 43.5 Å². The Bertz CT molecular complexity index is 721. The van der Waals surface area contributed by atoms with E-state index >= 15 is 0 Å². The van der Waals surface area contributed by atoms with E-state index in [0.717, 1.165) is 39.0 Å². The number of nitrogens with zero attached hydrogens (tertiary/aromatic N) is 1. The van der Waals surface area contributed by atoms with Gasteiger partial charge in [0.2, 0.25) is 0 Å². The first-order chi connectivity index (χ1) is 18.7. The van der Waals surface area contributed by atoms with Crippen molar-refractivity contribution in [2.24, 2.45) is 5.92 Å². The Kier molecular flexibility index (Phi) is 23.0. The lowest BCUT2D eigenvalue weighted by atomic mass is 10.0. The smallest absolute Gasteiger partial charge is 0.407 e. The molecular formula is C32H57IN2O4. The summed E-state index contributed by atoms with van der Waals surface area (Å²) >= 11 is 0. The number of carbonyl (C=O) groups is 1. The van der Waals surface area contributed by atoms with E-state index in [9.17, 15) is 4.79 Å². The van der Waals surface area contributed by atoms with Gasteiger partial charge in [0.1, 0.15) is 13.2 Å².